The van der Waals surface area contributed by atoms with Crippen LogP contribution in [0, 0.1) is 29.1 Å². The first kappa shape index (κ1) is 12.9. The van der Waals surface area contributed by atoms with Gasteiger partial charge in [-0.25, -0.2) is 0 Å². The van der Waals surface area contributed by atoms with E-state index in [0.717, 1.165) is 42.9 Å². The molecule has 1 saturated carbocycles. The highest BCUT2D eigenvalue weighted by atomic mass is 16.5. The molecule has 0 aromatic heterocycles. The molecule has 0 bridgehead atoms. The zero-order valence-corrected chi connectivity index (χ0v) is 12.5. The molecule has 2 saturated heterocycles. The molecule has 3 fully saturated rings. The molecule has 0 N–H and O–H groups in total. The molecule has 1 aliphatic carbocycles. The van der Waals surface area contributed by atoms with E-state index in [1.165, 1.54) is 25.9 Å². The number of ether oxygens (including phenoxy) is 1. The number of nitrogens with zero attached hydrogens (tertiary/aromatic N) is 1. The van der Waals surface area contributed by atoms with Crippen LogP contribution in [0.2, 0.25) is 0 Å². The van der Waals surface area contributed by atoms with Gasteiger partial charge in [0.05, 0.1) is 13.2 Å². The highest BCUT2D eigenvalue weighted by molar-refractivity contribution is 5.05. The predicted molar refractivity (Wildman–Crippen MR) is 74.5 cm³/mol. The van der Waals surface area contributed by atoms with Gasteiger partial charge in [0.25, 0.3) is 0 Å². The number of rotatable bonds is 3. The SMILES string of the molecule is CC(C)C1CC[C@H](N2CC3(COC3)C2)C1C(C)C. The lowest BCUT2D eigenvalue weighted by molar-refractivity contribution is -0.202. The Kier molecular flexibility index (Phi) is 3.22. The van der Waals surface area contributed by atoms with E-state index >= 15 is 0 Å². The predicted octanol–water partition coefficient (Wildman–Crippen LogP) is 3.03. The lowest BCUT2D eigenvalue weighted by Crippen LogP contribution is -2.68. The molecule has 3 aliphatic rings. The van der Waals surface area contributed by atoms with Crippen LogP contribution in [0.4, 0.5) is 0 Å². The van der Waals surface area contributed by atoms with Crippen LogP contribution in [0.5, 0.6) is 0 Å². The Balaban J connectivity index is 1.65. The number of hydrogen-bond donors (Lipinski definition) is 0. The normalized spacial score (nSPS) is 39.3. The van der Waals surface area contributed by atoms with Gasteiger partial charge in [0.2, 0.25) is 0 Å². The molecule has 2 unspecified atom stereocenters. The molecule has 2 heteroatoms. The Morgan fingerprint density at radius 1 is 1.00 bits per heavy atom. The lowest BCUT2D eigenvalue weighted by Gasteiger charge is -2.58. The maximum Gasteiger partial charge on any atom is 0.0569 e. The van der Waals surface area contributed by atoms with E-state index in [2.05, 4.69) is 32.6 Å². The summed E-state index contributed by atoms with van der Waals surface area (Å²) < 4.78 is 5.40. The summed E-state index contributed by atoms with van der Waals surface area (Å²) in [5.41, 5.74) is 0.581. The summed E-state index contributed by atoms with van der Waals surface area (Å²) in [6.07, 6.45) is 2.88. The van der Waals surface area contributed by atoms with Crippen LogP contribution >= 0.6 is 0 Å². The molecule has 0 radical (unpaired) electrons. The van der Waals surface area contributed by atoms with Crippen molar-refractivity contribution in [3.63, 3.8) is 0 Å². The van der Waals surface area contributed by atoms with E-state index in [1.54, 1.807) is 0 Å². The number of hydrogen-bond acceptors (Lipinski definition) is 2. The molecule has 2 nitrogen and oxygen atoms in total. The van der Waals surface area contributed by atoms with Crippen LogP contribution in [-0.2, 0) is 4.74 Å². The summed E-state index contributed by atoms with van der Waals surface area (Å²) in [4.78, 5) is 2.77. The summed E-state index contributed by atoms with van der Waals surface area (Å²) in [6, 6.07) is 0.864. The van der Waals surface area contributed by atoms with Crippen LogP contribution in [0.1, 0.15) is 40.5 Å². The van der Waals surface area contributed by atoms with Crippen LogP contribution in [-0.4, -0.2) is 37.2 Å². The fourth-order valence-electron chi connectivity index (χ4n) is 4.80. The van der Waals surface area contributed by atoms with Gasteiger partial charge in [-0.3, -0.25) is 4.90 Å². The summed E-state index contributed by atoms with van der Waals surface area (Å²) in [6.45, 7) is 14.4. The van der Waals surface area contributed by atoms with E-state index in [1.807, 2.05) is 0 Å². The second kappa shape index (κ2) is 4.49. The zero-order valence-electron chi connectivity index (χ0n) is 12.5. The van der Waals surface area contributed by atoms with Crippen molar-refractivity contribution < 1.29 is 4.74 Å². The summed E-state index contributed by atoms with van der Waals surface area (Å²) in [5, 5.41) is 0. The van der Waals surface area contributed by atoms with Gasteiger partial charge in [0.1, 0.15) is 0 Å². The smallest absolute Gasteiger partial charge is 0.0569 e. The Labute approximate surface area is 112 Å². The standard InChI is InChI=1S/C16H29NO/c1-11(2)13-5-6-14(15(13)12(3)4)17-7-16(8-17)9-18-10-16/h11-15H,5-10H2,1-4H3/t13?,14-,15?/m0/s1. The van der Waals surface area contributed by atoms with E-state index in [0.29, 0.717) is 5.41 Å². The van der Waals surface area contributed by atoms with Gasteiger partial charge in [-0.2, -0.15) is 0 Å². The minimum atomic E-state index is 0.581. The first-order valence-electron chi connectivity index (χ1n) is 7.84. The Morgan fingerprint density at radius 2 is 1.67 bits per heavy atom. The first-order valence-corrected chi connectivity index (χ1v) is 7.84. The fourth-order valence-corrected chi connectivity index (χ4v) is 4.80. The van der Waals surface area contributed by atoms with E-state index < -0.39 is 0 Å². The molecule has 2 aliphatic heterocycles. The van der Waals surface area contributed by atoms with Crippen LogP contribution in [0.15, 0.2) is 0 Å². The summed E-state index contributed by atoms with van der Waals surface area (Å²) >= 11 is 0. The van der Waals surface area contributed by atoms with Crippen molar-refractivity contribution in [2.75, 3.05) is 26.3 Å². The molecule has 18 heavy (non-hydrogen) atoms. The van der Waals surface area contributed by atoms with Gasteiger partial charge in [0.15, 0.2) is 0 Å². The fraction of sp³-hybridized carbons (Fsp3) is 1.00. The molecule has 0 amide bonds. The average Bonchev–Trinajstić information content (AvgIpc) is 2.57. The Morgan fingerprint density at radius 3 is 2.11 bits per heavy atom. The molecular formula is C16H29NO. The molecule has 1 spiro atoms. The average molecular weight is 251 g/mol. The lowest BCUT2D eigenvalue weighted by atomic mass is 9.73. The van der Waals surface area contributed by atoms with Crippen molar-refractivity contribution in [2.24, 2.45) is 29.1 Å². The summed E-state index contributed by atoms with van der Waals surface area (Å²) in [5.74, 6) is 3.55. The van der Waals surface area contributed by atoms with Crippen molar-refractivity contribution >= 4 is 0 Å². The highest BCUT2D eigenvalue weighted by Gasteiger charge is 2.54. The third-order valence-corrected chi connectivity index (χ3v) is 5.72. The second-order valence-electron chi connectivity index (χ2n) is 7.77. The highest BCUT2D eigenvalue weighted by Crippen LogP contribution is 2.48. The largest absolute Gasteiger partial charge is 0.380 e. The zero-order chi connectivity index (χ0) is 12.9. The molecule has 3 atom stereocenters. The third-order valence-electron chi connectivity index (χ3n) is 5.72. The van der Waals surface area contributed by atoms with E-state index in [9.17, 15) is 0 Å². The van der Waals surface area contributed by atoms with Gasteiger partial charge in [-0.1, -0.05) is 27.7 Å². The van der Waals surface area contributed by atoms with Crippen LogP contribution in [0.25, 0.3) is 0 Å². The topological polar surface area (TPSA) is 12.5 Å². The summed E-state index contributed by atoms with van der Waals surface area (Å²) in [7, 11) is 0. The van der Waals surface area contributed by atoms with Crippen molar-refractivity contribution in [3.8, 4) is 0 Å². The van der Waals surface area contributed by atoms with Gasteiger partial charge < -0.3 is 4.74 Å². The molecule has 2 heterocycles. The van der Waals surface area contributed by atoms with E-state index in [-0.39, 0.29) is 0 Å². The third kappa shape index (κ3) is 1.92. The number of likely N-dealkylation sites (tertiary alicyclic amines) is 1. The first-order chi connectivity index (χ1) is 8.52. The van der Waals surface area contributed by atoms with Gasteiger partial charge >= 0.3 is 0 Å². The van der Waals surface area contributed by atoms with Crippen LogP contribution < -0.4 is 0 Å². The van der Waals surface area contributed by atoms with Crippen molar-refractivity contribution in [1.29, 1.82) is 0 Å². The van der Waals surface area contributed by atoms with Crippen molar-refractivity contribution in [2.45, 2.75) is 46.6 Å². The van der Waals surface area contributed by atoms with Gasteiger partial charge in [-0.05, 0) is 36.5 Å². The maximum absolute atomic E-state index is 5.40. The molecule has 3 rings (SSSR count). The molecule has 0 aromatic rings. The Bertz CT molecular complexity index is 300. The minimum absolute atomic E-state index is 0.581. The monoisotopic (exact) mass is 251 g/mol. The van der Waals surface area contributed by atoms with Gasteiger partial charge in [-0.15, -0.1) is 0 Å². The Hall–Kier alpha value is -0.0800. The molecule has 104 valence electrons. The molecule has 0 aromatic carbocycles. The van der Waals surface area contributed by atoms with Crippen molar-refractivity contribution in [1.82, 2.24) is 4.90 Å². The maximum atomic E-state index is 5.40. The quantitative estimate of drug-likeness (QED) is 0.764. The second-order valence-corrected chi connectivity index (χ2v) is 7.77. The van der Waals surface area contributed by atoms with Crippen molar-refractivity contribution in [3.05, 3.63) is 0 Å². The van der Waals surface area contributed by atoms with Crippen LogP contribution in [0.3, 0.4) is 0 Å². The van der Waals surface area contributed by atoms with E-state index in [4.69, 9.17) is 4.74 Å². The molecular weight excluding hydrogens is 222 g/mol. The van der Waals surface area contributed by atoms with Gasteiger partial charge in [0, 0.05) is 24.5 Å². The minimum Gasteiger partial charge on any atom is -0.380 e.